The lowest BCUT2D eigenvalue weighted by atomic mass is 10.1. The molecule has 0 amide bonds. The van der Waals surface area contributed by atoms with E-state index in [2.05, 4.69) is 5.10 Å². The summed E-state index contributed by atoms with van der Waals surface area (Å²) < 4.78 is 7.27. The molecule has 90 valence electrons. The van der Waals surface area contributed by atoms with Gasteiger partial charge in [0.25, 0.3) is 0 Å². The van der Waals surface area contributed by atoms with Crippen LogP contribution in [0.3, 0.4) is 0 Å². The third-order valence-corrected chi connectivity index (χ3v) is 2.71. The molecular formula is C13H16N2O2. The van der Waals surface area contributed by atoms with Crippen molar-refractivity contribution in [1.82, 2.24) is 9.78 Å². The van der Waals surface area contributed by atoms with Gasteiger partial charge >= 0.3 is 0 Å². The van der Waals surface area contributed by atoms with Crippen molar-refractivity contribution in [1.29, 1.82) is 0 Å². The van der Waals surface area contributed by atoms with Crippen molar-refractivity contribution >= 4 is 6.29 Å². The number of hydrogen-bond donors (Lipinski definition) is 0. The van der Waals surface area contributed by atoms with Crippen LogP contribution in [0.15, 0.2) is 16.7 Å². The van der Waals surface area contributed by atoms with Crippen molar-refractivity contribution < 1.29 is 9.21 Å². The van der Waals surface area contributed by atoms with E-state index in [-0.39, 0.29) is 6.04 Å². The van der Waals surface area contributed by atoms with Gasteiger partial charge in [-0.3, -0.25) is 9.48 Å². The van der Waals surface area contributed by atoms with Crippen LogP contribution < -0.4 is 0 Å². The first-order chi connectivity index (χ1) is 8.02. The van der Waals surface area contributed by atoms with E-state index >= 15 is 0 Å². The minimum absolute atomic E-state index is 0.232. The van der Waals surface area contributed by atoms with Gasteiger partial charge < -0.3 is 4.42 Å². The molecule has 0 saturated heterocycles. The lowest BCUT2D eigenvalue weighted by Gasteiger charge is -2.03. The second kappa shape index (κ2) is 4.20. The minimum Gasteiger partial charge on any atom is -0.466 e. The number of nitrogens with zero attached hydrogens (tertiary/aromatic N) is 2. The molecule has 0 N–H and O–H groups in total. The predicted molar refractivity (Wildman–Crippen MR) is 65.2 cm³/mol. The number of aryl methyl sites for hydroxylation is 2. The van der Waals surface area contributed by atoms with Gasteiger partial charge in [-0.2, -0.15) is 5.10 Å². The van der Waals surface area contributed by atoms with Crippen molar-refractivity contribution in [3.05, 3.63) is 29.3 Å². The molecule has 17 heavy (non-hydrogen) atoms. The molecule has 2 aromatic heterocycles. The summed E-state index contributed by atoms with van der Waals surface area (Å²) in [5, 5.41) is 4.45. The van der Waals surface area contributed by atoms with Gasteiger partial charge in [-0.1, -0.05) is 0 Å². The maximum absolute atomic E-state index is 11.1. The van der Waals surface area contributed by atoms with E-state index in [9.17, 15) is 4.79 Å². The van der Waals surface area contributed by atoms with Gasteiger partial charge in [0.15, 0.2) is 6.29 Å². The highest BCUT2D eigenvalue weighted by atomic mass is 16.3. The van der Waals surface area contributed by atoms with E-state index in [1.807, 2.05) is 33.8 Å². The molecule has 0 atom stereocenters. The van der Waals surface area contributed by atoms with Gasteiger partial charge in [-0.25, -0.2) is 0 Å². The Morgan fingerprint density at radius 2 is 2.12 bits per heavy atom. The quantitative estimate of drug-likeness (QED) is 0.764. The zero-order valence-corrected chi connectivity index (χ0v) is 10.5. The molecule has 0 saturated carbocycles. The van der Waals surface area contributed by atoms with E-state index in [0.717, 1.165) is 23.4 Å². The Hall–Kier alpha value is -1.84. The van der Waals surface area contributed by atoms with Crippen LogP contribution in [0.5, 0.6) is 0 Å². The van der Waals surface area contributed by atoms with Crippen LogP contribution in [0, 0.1) is 13.8 Å². The normalized spacial score (nSPS) is 11.1. The van der Waals surface area contributed by atoms with Gasteiger partial charge in [0.05, 0.1) is 5.56 Å². The third kappa shape index (κ3) is 2.02. The summed E-state index contributed by atoms with van der Waals surface area (Å²) in [6.45, 7) is 7.82. The molecule has 0 radical (unpaired) electrons. The molecule has 0 bridgehead atoms. The molecule has 2 rings (SSSR count). The smallest absolute Gasteiger partial charge is 0.153 e. The molecule has 0 aromatic carbocycles. The lowest BCUT2D eigenvalue weighted by molar-refractivity contribution is 0.112. The van der Waals surface area contributed by atoms with E-state index < -0.39 is 0 Å². The Kier molecular flexibility index (Phi) is 2.88. The Bertz CT molecular complexity index is 550. The maximum atomic E-state index is 11.1. The van der Waals surface area contributed by atoms with Gasteiger partial charge in [0, 0.05) is 17.8 Å². The second-order valence-corrected chi connectivity index (χ2v) is 4.45. The van der Waals surface area contributed by atoms with Crippen molar-refractivity contribution in [2.45, 2.75) is 33.7 Å². The Labute approximate surface area is 100 Å². The third-order valence-electron chi connectivity index (χ3n) is 2.71. The van der Waals surface area contributed by atoms with Crippen LogP contribution in [0.1, 0.15) is 41.8 Å². The fraction of sp³-hybridized carbons (Fsp3) is 0.385. The first-order valence-corrected chi connectivity index (χ1v) is 5.64. The number of carbonyl (C=O) groups excluding carboxylic acids is 1. The van der Waals surface area contributed by atoms with E-state index in [0.29, 0.717) is 11.3 Å². The van der Waals surface area contributed by atoms with Crippen LogP contribution in [-0.2, 0) is 0 Å². The lowest BCUT2D eigenvalue weighted by Crippen LogP contribution is -2.00. The van der Waals surface area contributed by atoms with Crippen LogP contribution in [0.2, 0.25) is 0 Å². The van der Waals surface area contributed by atoms with Crippen LogP contribution in [-0.4, -0.2) is 16.1 Å². The molecule has 2 aromatic rings. The maximum Gasteiger partial charge on any atom is 0.153 e. The molecule has 0 spiro atoms. The average Bonchev–Trinajstić information content (AvgIpc) is 2.81. The molecule has 0 fully saturated rings. The molecule has 4 heteroatoms. The number of aldehydes is 1. The van der Waals surface area contributed by atoms with Crippen molar-refractivity contribution in [3.63, 3.8) is 0 Å². The predicted octanol–water partition coefficient (Wildman–Crippen LogP) is 3.15. The first kappa shape index (κ1) is 11.6. The van der Waals surface area contributed by atoms with Crippen LogP contribution in [0.4, 0.5) is 0 Å². The summed E-state index contributed by atoms with van der Waals surface area (Å²) in [5.74, 6) is 1.62. The van der Waals surface area contributed by atoms with Gasteiger partial charge in [-0.15, -0.1) is 0 Å². The highest BCUT2D eigenvalue weighted by molar-refractivity contribution is 5.85. The molecular weight excluding hydrogens is 216 g/mol. The Morgan fingerprint density at radius 3 is 2.59 bits per heavy atom. The summed E-state index contributed by atoms with van der Waals surface area (Å²) in [6.07, 6.45) is 2.61. The number of hydrogen-bond acceptors (Lipinski definition) is 3. The first-order valence-electron chi connectivity index (χ1n) is 5.64. The van der Waals surface area contributed by atoms with Crippen LogP contribution >= 0.6 is 0 Å². The highest BCUT2D eigenvalue weighted by Gasteiger charge is 2.16. The zero-order valence-electron chi connectivity index (χ0n) is 10.5. The Balaban J connectivity index is 2.58. The van der Waals surface area contributed by atoms with E-state index in [1.54, 1.807) is 10.9 Å². The number of furan rings is 1. The highest BCUT2D eigenvalue weighted by Crippen LogP contribution is 2.28. The van der Waals surface area contributed by atoms with E-state index in [1.165, 1.54) is 0 Å². The monoisotopic (exact) mass is 232 g/mol. The van der Waals surface area contributed by atoms with Crippen molar-refractivity contribution in [3.8, 4) is 11.3 Å². The summed E-state index contributed by atoms with van der Waals surface area (Å²) in [5.41, 5.74) is 2.19. The summed E-state index contributed by atoms with van der Waals surface area (Å²) in [7, 11) is 0. The van der Waals surface area contributed by atoms with Crippen molar-refractivity contribution in [2.75, 3.05) is 0 Å². The molecule has 0 aliphatic heterocycles. The fourth-order valence-electron chi connectivity index (χ4n) is 1.83. The zero-order chi connectivity index (χ0) is 12.6. The van der Waals surface area contributed by atoms with Crippen LogP contribution in [0.25, 0.3) is 11.3 Å². The molecule has 0 aliphatic carbocycles. The summed E-state index contributed by atoms with van der Waals surface area (Å²) in [4.78, 5) is 11.1. The minimum atomic E-state index is 0.232. The standard InChI is InChI=1S/C13H16N2O2/c1-8(2)15-6-11(7-16)13(14-15)12-5-9(3)17-10(12)4/h5-8H,1-4H3. The molecule has 4 nitrogen and oxygen atoms in total. The van der Waals surface area contributed by atoms with Crippen molar-refractivity contribution in [2.24, 2.45) is 0 Å². The topological polar surface area (TPSA) is 48.0 Å². The molecule has 0 aliphatic rings. The Morgan fingerprint density at radius 1 is 1.41 bits per heavy atom. The van der Waals surface area contributed by atoms with Gasteiger partial charge in [0.1, 0.15) is 17.2 Å². The second-order valence-electron chi connectivity index (χ2n) is 4.45. The number of rotatable bonds is 3. The fourth-order valence-corrected chi connectivity index (χ4v) is 1.83. The summed E-state index contributed by atoms with van der Waals surface area (Å²) >= 11 is 0. The molecule has 2 heterocycles. The van der Waals surface area contributed by atoms with Gasteiger partial charge in [0.2, 0.25) is 0 Å². The number of carbonyl (C=O) groups is 1. The average molecular weight is 232 g/mol. The largest absolute Gasteiger partial charge is 0.466 e. The van der Waals surface area contributed by atoms with Gasteiger partial charge in [-0.05, 0) is 33.8 Å². The summed E-state index contributed by atoms with van der Waals surface area (Å²) in [6, 6.07) is 2.14. The SMILES string of the molecule is Cc1cc(-c2nn(C(C)C)cc2C=O)c(C)o1. The number of aromatic nitrogens is 2. The molecule has 0 unspecified atom stereocenters. The van der Waals surface area contributed by atoms with E-state index in [4.69, 9.17) is 4.42 Å².